The number of rotatable bonds is 9. The van der Waals surface area contributed by atoms with Crippen LogP contribution in [0.3, 0.4) is 0 Å². The van der Waals surface area contributed by atoms with Gasteiger partial charge in [0.1, 0.15) is 0 Å². The van der Waals surface area contributed by atoms with Gasteiger partial charge in [-0.3, -0.25) is 0 Å². The van der Waals surface area contributed by atoms with Crippen LogP contribution in [0.15, 0.2) is 6.07 Å². The minimum atomic E-state index is -0.287. The molecule has 0 spiro atoms. The monoisotopic (exact) mass is 340 g/mol. The second kappa shape index (κ2) is 7.67. The van der Waals surface area contributed by atoms with Crippen LogP contribution in [0.25, 0.3) is 0 Å². The molecule has 0 aliphatic carbocycles. The van der Waals surface area contributed by atoms with Crippen LogP contribution in [0.4, 0.5) is 0 Å². The Morgan fingerprint density at radius 2 is 1.57 bits per heavy atom. The lowest BCUT2D eigenvalue weighted by Gasteiger charge is -2.27. The van der Waals surface area contributed by atoms with E-state index in [9.17, 15) is 5.11 Å². The van der Waals surface area contributed by atoms with Gasteiger partial charge in [0.15, 0.2) is 0 Å². The molecule has 2 nitrogen and oxygen atoms in total. The number of thiophene rings is 1. The van der Waals surface area contributed by atoms with Crippen molar-refractivity contribution in [1.29, 1.82) is 0 Å². The first-order chi connectivity index (χ1) is 10.5. The fourth-order valence-electron chi connectivity index (χ4n) is 2.39. The topological polar surface area (TPSA) is 29.5 Å². The molecular weight excluding hydrogens is 304 g/mol. The summed E-state index contributed by atoms with van der Waals surface area (Å²) in [5.74, 6) is 0. The molecule has 1 rings (SSSR count). The largest absolute Gasteiger partial charge is 0.396 e. The molecule has 0 amide bonds. The number of hydrogen-bond donors (Lipinski definition) is 1. The van der Waals surface area contributed by atoms with Gasteiger partial charge in [-0.05, 0) is 55.6 Å². The Morgan fingerprint density at radius 3 is 2.04 bits per heavy atom. The van der Waals surface area contributed by atoms with Gasteiger partial charge in [-0.25, -0.2) is 0 Å². The third kappa shape index (κ3) is 5.30. The Bertz CT molecular complexity index is 498. The zero-order valence-corrected chi connectivity index (χ0v) is 17.2. The summed E-state index contributed by atoms with van der Waals surface area (Å²) in [6.07, 6.45) is 2.92. The molecule has 1 aromatic rings. The quantitative estimate of drug-likeness (QED) is 0.615. The van der Waals surface area contributed by atoms with E-state index in [0.29, 0.717) is 13.0 Å². The highest BCUT2D eigenvalue weighted by molar-refractivity contribution is 7.12. The molecule has 0 bridgehead atoms. The first-order valence-electron chi connectivity index (χ1n) is 8.87. The Kier molecular flexibility index (Phi) is 6.89. The van der Waals surface area contributed by atoms with Crippen LogP contribution >= 0.6 is 11.3 Å². The van der Waals surface area contributed by atoms with Crippen molar-refractivity contribution in [1.82, 2.24) is 0 Å². The average molecular weight is 341 g/mol. The lowest BCUT2D eigenvalue weighted by molar-refractivity contribution is -0.0437. The smallest absolute Gasteiger partial charge is 0.0735 e. The van der Waals surface area contributed by atoms with E-state index in [1.165, 1.54) is 15.3 Å². The maximum atomic E-state index is 9.19. The zero-order chi connectivity index (χ0) is 17.9. The third-order valence-corrected chi connectivity index (χ3v) is 7.10. The molecule has 0 aliphatic rings. The molecule has 23 heavy (non-hydrogen) atoms. The third-order valence-electron chi connectivity index (χ3n) is 5.19. The minimum absolute atomic E-state index is 0.165. The van der Waals surface area contributed by atoms with E-state index in [0.717, 1.165) is 12.8 Å². The maximum absolute atomic E-state index is 9.19. The van der Waals surface area contributed by atoms with Crippen molar-refractivity contribution < 1.29 is 9.84 Å². The molecule has 0 aromatic carbocycles. The van der Waals surface area contributed by atoms with Crippen molar-refractivity contribution in [3.8, 4) is 0 Å². The summed E-state index contributed by atoms with van der Waals surface area (Å²) in [5, 5.41) is 9.19. The number of aliphatic hydroxyl groups excluding tert-OH is 1. The molecular formula is C20H36O2S. The van der Waals surface area contributed by atoms with Crippen LogP contribution in [0, 0.1) is 0 Å². The van der Waals surface area contributed by atoms with Gasteiger partial charge in [-0.2, -0.15) is 0 Å². The first kappa shape index (κ1) is 20.7. The van der Waals surface area contributed by atoms with Crippen LogP contribution in [-0.2, 0) is 22.2 Å². The van der Waals surface area contributed by atoms with E-state index >= 15 is 0 Å². The summed E-state index contributed by atoms with van der Waals surface area (Å²) in [7, 11) is 0. The van der Waals surface area contributed by atoms with E-state index in [-0.39, 0.29) is 23.0 Å². The minimum Gasteiger partial charge on any atom is -0.396 e. The van der Waals surface area contributed by atoms with Gasteiger partial charge in [0, 0.05) is 16.4 Å². The van der Waals surface area contributed by atoms with Gasteiger partial charge in [0.25, 0.3) is 0 Å². The van der Waals surface area contributed by atoms with Crippen LogP contribution < -0.4 is 0 Å². The van der Waals surface area contributed by atoms with Crippen molar-refractivity contribution >= 4 is 11.3 Å². The highest BCUT2D eigenvalue weighted by Gasteiger charge is 2.30. The SMILES string of the molecule is CCC(C)(C)c1cc(COC(C)(C)CCO)c(C(C)(C)CC)s1. The van der Waals surface area contributed by atoms with Crippen LogP contribution in [0.1, 0.15) is 90.0 Å². The van der Waals surface area contributed by atoms with Gasteiger partial charge < -0.3 is 9.84 Å². The van der Waals surface area contributed by atoms with Crippen LogP contribution in [0.5, 0.6) is 0 Å². The number of aliphatic hydroxyl groups is 1. The fourth-order valence-corrected chi connectivity index (χ4v) is 3.90. The molecule has 0 aliphatic heterocycles. The van der Waals surface area contributed by atoms with E-state index in [2.05, 4.69) is 61.5 Å². The van der Waals surface area contributed by atoms with Gasteiger partial charge in [0.2, 0.25) is 0 Å². The standard InChI is InChI=1S/C20H36O2S/c1-9-18(3,4)16-13-15(14-22-20(7,8)11-12-21)17(23-16)19(5,6)10-2/h13,21H,9-12,14H2,1-8H3. The Balaban J connectivity index is 3.14. The highest BCUT2D eigenvalue weighted by Crippen LogP contribution is 2.42. The normalized spacial score (nSPS) is 13.6. The zero-order valence-electron chi connectivity index (χ0n) is 16.4. The molecule has 1 aromatic heterocycles. The summed E-state index contributed by atoms with van der Waals surface area (Å²) in [5.41, 5.74) is 1.42. The van der Waals surface area contributed by atoms with E-state index in [1.54, 1.807) is 0 Å². The molecule has 0 saturated carbocycles. The van der Waals surface area contributed by atoms with Gasteiger partial charge in [-0.1, -0.05) is 41.5 Å². The van der Waals surface area contributed by atoms with Crippen molar-refractivity contribution in [3.05, 3.63) is 21.4 Å². The van der Waals surface area contributed by atoms with Gasteiger partial charge in [-0.15, -0.1) is 11.3 Å². The summed E-state index contributed by atoms with van der Waals surface area (Å²) in [6, 6.07) is 2.36. The molecule has 3 heteroatoms. The van der Waals surface area contributed by atoms with Gasteiger partial charge in [0.05, 0.1) is 12.2 Å². The molecule has 0 atom stereocenters. The molecule has 1 heterocycles. The number of hydrogen-bond acceptors (Lipinski definition) is 3. The highest BCUT2D eigenvalue weighted by atomic mass is 32.1. The summed E-state index contributed by atoms with van der Waals surface area (Å²) in [6.45, 7) is 18.7. The Hall–Kier alpha value is -0.380. The van der Waals surface area contributed by atoms with E-state index < -0.39 is 0 Å². The first-order valence-corrected chi connectivity index (χ1v) is 9.69. The van der Waals surface area contributed by atoms with Crippen molar-refractivity contribution in [3.63, 3.8) is 0 Å². The number of ether oxygens (including phenoxy) is 1. The predicted molar refractivity (Wildman–Crippen MR) is 102 cm³/mol. The molecule has 0 radical (unpaired) electrons. The van der Waals surface area contributed by atoms with Crippen molar-refractivity contribution in [2.24, 2.45) is 0 Å². The molecule has 1 N–H and O–H groups in total. The second-order valence-corrected chi connectivity index (χ2v) is 9.51. The van der Waals surface area contributed by atoms with Crippen molar-refractivity contribution in [2.45, 2.75) is 97.7 Å². The van der Waals surface area contributed by atoms with E-state index in [4.69, 9.17) is 4.74 Å². The van der Waals surface area contributed by atoms with Gasteiger partial charge >= 0.3 is 0 Å². The van der Waals surface area contributed by atoms with Crippen LogP contribution in [0.2, 0.25) is 0 Å². The predicted octanol–water partition coefficient (Wildman–Crippen LogP) is 5.80. The fraction of sp³-hybridized carbons (Fsp3) is 0.800. The summed E-state index contributed by atoms with van der Waals surface area (Å²) >= 11 is 1.96. The second-order valence-electron chi connectivity index (χ2n) is 8.46. The average Bonchev–Trinajstić information content (AvgIpc) is 2.91. The maximum Gasteiger partial charge on any atom is 0.0735 e. The van der Waals surface area contributed by atoms with E-state index in [1.807, 2.05) is 11.3 Å². The Labute approximate surface area is 147 Å². The van der Waals surface area contributed by atoms with Crippen LogP contribution in [-0.4, -0.2) is 17.3 Å². The molecule has 0 unspecified atom stereocenters. The Morgan fingerprint density at radius 1 is 1.00 bits per heavy atom. The van der Waals surface area contributed by atoms with Crippen molar-refractivity contribution in [2.75, 3.05) is 6.61 Å². The molecule has 0 saturated heterocycles. The lowest BCUT2D eigenvalue weighted by atomic mass is 9.85. The molecule has 0 fully saturated rings. The summed E-state index contributed by atoms with van der Waals surface area (Å²) < 4.78 is 6.14. The summed E-state index contributed by atoms with van der Waals surface area (Å²) in [4.78, 5) is 2.91. The molecule has 134 valence electrons. The lowest BCUT2D eigenvalue weighted by Crippen LogP contribution is -2.26.